The molecule has 2 heterocycles. The van der Waals surface area contributed by atoms with Gasteiger partial charge in [-0.15, -0.1) is 0 Å². The zero-order valence-electron chi connectivity index (χ0n) is 20.0. The summed E-state index contributed by atoms with van der Waals surface area (Å²) in [5.41, 5.74) is 9.00. The van der Waals surface area contributed by atoms with Crippen LogP contribution in [0.1, 0.15) is 82.7 Å². The molecule has 0 unspecified atom stereocenters. The zero-order chi connectivity index (χ0) is 23.8. The molecule has 0 aliphatic heterocycles. The number of furan rings is 2. The highest BCUT2D eigenvalue weighted by atomic mass is 16.4. The molecular weight excluding hydrogens is 430 g/mol. The summed E-state index contributed by atoms with van der Waals surface area (Å²) in [6.45, 7) is 5.95. The Morgan fingerprint density at radius 3 is 2.68 bits per heavy atom. The molecule has 0 spiro atoms. The van der Waals surface area contributed by atoms with E-state index in [1.54, 1.807) is 6.26 Å². The molecule has 7 nitrogen and oxygen atoms in total. The number of hydrogen-bond donors (Lipinski definition) is 2. The molecule has 0 saturated heterocycles. The number of carbonyl (C=O) groups is 2. The van der Waals surface area contributed by atoms with Crippen molar-refractivity contribution >= 4 is 28.5 Å². The smallest absolute Gasteiger partial charge is 0.287 e. The first-order chi connectivity index (χ1) is 16.4. The van der Waals surface area contributed by atoms with E-state index in [-0.39, 0.29) is 24.3 Å². The third kappa shape index (κ3) is 4.27. The maximum absolute atomic E-state index is 12.8. The van der Waals surface area contributed by atoms with Gasteiger partial charge in [-0.25, -0.2) is 5.43 Å². The predicted molar refractivity (Wildman–Crippen MR) is 130 cm³/mol. The number of rotatable bonds is 5. The Bertz CT molecular complexity index is 1290. The number of nitrogens with one attached hydrogen (secondary N) is 2. The number of amides is 2. The number of hydrogen-bond acceptors (Lipinski definition) is 5. The third-order valence-electron chi connectivity index (χ3n) is 6.98. The minimum atomic E-state index is -0.206. The monoisotopic (exact) mass is 461 g/mol. The van der Waals surface area contributed by atoms with Crippen LogP contribution in [-0.4, -0.2) is 23.6 Å². The molecule has 2 aromatic heterocycles. The van der Waals surface area contributed by atoms with Crippen molar-refractivity contribution in [1.82, 2.24) is 10.7 Å². The molecule has 5 rings (SSSR count). The molecular formula is C27H31N3O4. The number of nitrogens with zero attached hydrogens (tertiary/aromatic N) is 1. The van der Waals surface area contributed by atoms with Crippen LogP contribution in [0.2, 0.25) is 0 Å². The summed E-state index contributed by atoms with van der Waals surface area (Å²) >= 11 is 0. The van der Waals surface area contributed by atoms with Crippen molar-refractivity contribution in [2.45, 2.75) is 78.2 Å². The summed E-state index contributed by atoms with van der Waals surface area (Å²) in [6, 6.07) is 4.30. The maximum atomic E-state index is 12.8. The lowest BCUT2D eigenvalue weighted by molar-refractivity contribution is -0.120. The molecule has 7 heteroatoms. The highest BCUT2D eigenvalue weighted by Crippen LogP contribution is 2.31. The molecule has 2 aliphatic carbocycles. The second-order valence-corrected chi connectivity index (χ2v) is 9.65. The van der Waals surface area contributed by atoms with Gasteiger partial charge >= 0.3 is 0 Å². The van der Waals surface area contributed by atoms with Gasteiger partial charge in [-0.3, -0.25) is 9.59 Å². The summed E-state index contributed by atoms with van der Waals surface area (Å²) in [7, 11) is 0. The molecule has 1 aromatic carbocycles. The Kier molecular flexibility index (Phi) is 6.02. The van der Waals surface area contributed by atoms with Crippen molar-refractivity contribution in [3.8, 4) is 0 Å². The first kappa shape index (κ1) is 22.4. The summed E-state index contributed by atoms with van der Waals surface area (Å²) < 4.78 is 11.7. The van der Waals surface area contributed by atoms with Gasteiger partial charge in [-0.2, -0.15) is 5.10 Å². The molecule has 2 aliphatic rings. The van der Waals surface area contributed by atoms with E-state index in [0.29, 0.717) is 5.76 Å². The fraction of sp³-hybridized carbons (Fsp3) is 0.444. The highest BCUT2D eigenvalue weighted by molar-refractivity contribution is 6.06. The lowest BCUT2D eigenvalue weighted by Crippen LogP contribution is -2.32. The highest BCUT2D eigenvalue weighted by Gasteiger charge is 2.29. The lowest BCUT2D eigenvalue weighted by Gasteiger charge is -2.13. The molecule has 1 saturated carbocycles. The Labute approximate surface area is 199 Å². The van der Waals surface area contributed by atoms with Crippen molar-refractivity contribution in [1.29, 1.82) is 0 Å². The number of hydrazone groups is 1. The van der Waals surface area contributed by atoms with Crippen LogP contribution in [-0.2, 0) is 17.6 Å². The normalized spacial score (nSPS) is 17.3. The van der Waals surface area contributed by atoms with Gasteiger partial charge in [-0.1, -0.05) is 18.9 Å². The van der Waals surface area contributed by atoms with E-state index in [2.05, 4.69) is 21.9 Å². The average molecular weight is 462 g/mol. The van der Waals surface area contributed by atoms with Gasteiger partial charge in [0.05, 0.1) is 18.4 Å². The summed E-state index contributed by atoms with van der Waals surface area (Å²) in [5.74, 6) is 0.788. The Hall–Kier alpha value is -3.35. The van der Waals surface area contributed by atoms with Crippen LogP contribution >= 0.6 is 0 Å². The average Bonchev–Trinajstić information content (AvgIpc) is 3.52. The SMILES string of the molecule is Cc1cc(C)c2c(CC(=O)N/N=C3\CCCc4oc(C(=O)NC5CCCC5)c(C)c43)coc2c1. The number of benzene rings is 1. The minimum absolute atomic E-state index is 0.153. The van der Waals surface area contributed by atoms with Crippen molar-refractivity contribution in [3.05, 3.63) is 57.7 Å². The van der Waals surface area contributed by atoms with E-state index in [1.807, 2.05) is 26.8 Å². The van der Waals surface area contributed by atoms with Crippen LogP contribution < -0.4 is 10.7 Å². The summed E-state index contributed by atoms with van der Waals surface area (Å²) in [5, 5.41) is 8.54. The van der Waals surface area contributed by atoms with Crippen molar-refractivity contribution in [2.75, 3.05) is 0 Å². The van der Waals surface area contributed by atoms with Gasteiger partial charge in [0.2, 0.25) is 5.91 Å². The van der Waals surface area contributed by atoms with E-state index in [9.17, 15) is 9.59 Å². The van der Waals surface area contributed by atoms with Crippen LogP contribution in [0.25, 0.3) is 11.0 Å². The lowest BCUT2D eigenvalue weighted by atomic mass is 9.93. The van der Waals surface area contributed by atoms with E-state index < -0.39 is 0 Å². The number of fused-ring (bicyclic) bond motifs is 2. The Morgan fingerprint density at radius 1 is 1.09 bits per heavy atom. The molecule has 2 N–H and O–H groups in total. The van der Waals surface area contributed by atoms with Gasteiger partial charge in [0.1, 0.15) is 11.3 Å². The molecule has 0 radical (unpaired) electrons. The fourth-order valence-electron chi connectivity index (χ4n) is 5.42. The van der Waals surface area contributed by atoms with Crippen molar-refractivity contribution < 1.29 is 18.4 Å². The minimum Gasteiger partial charge on any atom is -0.464 e. The van der Waals surface area contributed by atoms with E-state index in [0.717, 1.165) is 95.2 Å². The van der Waals surface area contributed by atoms with Crippen molar-refractivity contribution in [2.24, 2.45) is 5.10 Å². The van der Waals surface area contributed by atoms with Gasteiger partial charge in [-0.05, 0) is 63.6 Å². The molecule has 178 valence electrons. The van der Waals surface area contributed by atoms with Crippen LogP contribution in [0.5, 0.6) is 0 Å². The van der Waals surface area contributed by atoms with E-state index >= 15 is 0 Å². The topological polar surface area (TPSA) is 96.8 Å². The van der Waals surface area contributed by atoms with Crippen LogP contribution in [0.4, 0.5) is 0 Å². The first-order valence-corrected chi connectivity index (χ1v) is 12.2. The largest absolute Gasteiger partial charge is 0.464 e. The standard InChI is InChI=1S/C27H31N3O4/c1-15-11-16(2)24-18(14-33-22(24)12-15)13-23(31)30-29-20-9-6-10-21-25(20)17(3)26(34-21)27(32)28-19-7-4-5-8-19/h11-12,14,19H,4-10,13H2,1-3H3,(H,28,32)(H,30,31)/b29-20+. The van der Waals surface area contributed by atoms with E-state index in [1.165, 1.54) is 0 Å². The second kappa shape index (κ2) is 9.12. The maximum Gasteiger partial charge on any atom is 0.287 e. The van der Waals surface area contributed by atoms with Gasteiger partial charge in [0, 0.05) is 34.5 Å². The number of carbonyl (C=O) groups excluding carboxylic acids is 2. The quantitative estimate of drug-likeness (QED) is 0.521. The molecule has 3 aromatic rings. The molecule has 2 amide bonds. The van der Waals surface area contributed by atoms with Crippen LogP contribution in [0, 0.1) is 20.8 Å². The van der Waals surface area contributed by atoms with Crippen LogP contribution in [0.15, 0.2) is 32.3 Å². The molecule has 34 heavy (non-hydrogen) atoms. The molecule has 1 fully saturated rings. The number of aryl methyl sites for hydroxylation is 3. The molecule has 0 bridgehead atoms. The Balaban J connectivity index is 1.32. The van der Waals surface area contributed by atoms with Gasteiger partial charge < -0.3 is 14.2 Å². The van der Waals surface area contributed by atoms with E-state index in [4.69, 9.17) is 8.83 Å². The fourth-order valence-corrected chi connectivity index (χ4v) is 5.42. The van der Waals surface area contributed by atoms with Crippen molar-refractivity contribution in [3.63, 3.8) is 0 Å². The second-order valence-electron chi connectivity index (χ2n) is 9.65. The Morgan fingerprint density at radius 2 is 1.88 bits per heavy atom. The van der Waals surface area contributed by atoms with Gasteiger partial charge in [0.25, 0.3) is 5.91 Å². The summed E-state index contributed by atoms with van der Waals surface area (Å²) in [6.07, 6.45) is 8.54. The summed E-state index contributed by atoms with van der Waals surface area (Å²) in [4.78, 5) is 25.6. The predicted octanol–water partition coefficient (Wildman–Crippen LogP) is 5.02. The van der Waals surface area contributed by atoms with Gasteiger partial charge in [0.15, 0.2) is 5.76 Å². The zero-order valence-corrected chi connectivity index (χ0v) is 20.0. The first-order valence-electron chi connectivity index (χ1n) is 12.2. The van der Waals surface area contributed by atoms with Crippen LogP contribution in [0.3, 0.4) is 0 Å². The molecule has 0 atom stereocenters. The third-order valence-corrected chi connectivity index (χ3v) is 6.98.